The number of benzene rings is 1. The molecule has 1 aliphatic heterocycles. The second-order valence-corrected chi connectivity index (χ2v) is 8.02. The second-order valence-electron chi connectivity index (χ2n) is 7.10. The first-order valence-electron chi connectivity index (χ1n) is 10.2. The number of esters is 1. The summed E-state index contributed by atoms with van der Waals surface area (Å²) in [7, 11) is 0. The fourth-order valence-electron chi connectivity index (χ4n) is 3.70. The van der Waals surface area contributed by atoms with Gasteiger partial charge in [0, 0.05) is 22.4 Å². The molecule has 0 spiro atoms. The van der Waals surface area contributed by atoms with Crippen LogP contribution in [0.25, 0.3) is 22.9 Å². The standard InChI is InChI=1S/C25H19N3O3S/c1-2-30-25(29)21-14-26-13-20-19(21)12-22-23(20)24(28-27-22)16-11-18(32-15-16)9-6-10-31-17-7-4-3-5-8-17/h3-5,7-8,11-12,14-15,27H,2,10,13H2,1H3. The fourth-order valence-corrected chi connectivity index (χ4v) is 4.46. The van der Waals surface area contributed by atoms with E-state index in [0.717, 1.165) is 43.6 Å². The van der Waals surface area contributed by atoms with E-state index in [0.29, 0.717) is 25.3 Å². The van der Waals surface area contributed by atoms with Gasteiger partial charge in [0.2, 0.25) is 0 Å². The minimum Gasteiger partial charge on any atom is -0.481 e. The lowest BCUT2D eigenvalue weighted by Gasteiger charge is -2.12. The van der Waals surface area contributed by atoms with Crippen LogP contribution in [-0.4, -0.2) is 42.1 Å². The topological polar surface area (TPSA) is 76.6 Å². The molecule has 0 unspecified atom stereocenters. The Hall–Kier alpha value is -3.89. The molecule has 3 heterocycles. The molecule has 1 aliphatic carbocycles. The second kappa shape index (κ2) is 8.69. The van der Waals surface area contributed by atoms with Crippen LogP contribution in [0.4, 0.5) is 0 Å². The molecule has 3 aromatic rings. The molecule has 0 fully saturated rings. The molecule has 1 N–H and O–H groups in total. The number of aromatic amines is 1. The van der Waals surface area contributed by atoms with Gasteiger partial charge < -0.3 is 9.47 Å². The number of hydrogen-bond donors (Lipinski definition) is 1. The predicted octanol–water partition coefficient (Wildman–Crippen LogP) is 2.46. The first-order chi connectivity index (χ1) is 15.7. The van der Waals surface area contributed by atoms with Gasteiger partial charge in [-0.25, -0.2) is 4.79 Å². The van der Waals surface area contributed by atoms with Crippen molar-refractivity contribution in [1.29, 1.82) is 0 Å². The van der Waals surface area contributed by atoms with Crippen molar-refractivity contribution < 1.29 is 14.3 Å². The predicted molar refractivity (Wildman–Crippen MR) is 125 cm³/mol. The number of carbonyl (C=O) groups is 1. The zero-order valence-corrected chi connectivity index (χ0v) is 18.2. The summed E-state index contributed by atoms with van der Waals surface area (Å²) in [5, 5.41) is 11.5. The van der Waals surface area contributed by atoms with Crippen molar-refractivity contribution in [3.05, 3.63) is 68.4 Å². The molecule has 0 saturated carbocycles. The quantitative estimate of drug-likeness (QED) is 0.488. The van der Waals surface area contributed by atoms with Crippen LogP contribution in [0, 0.1) is 11.8 Å². The van der Waals surface area contributed by atoms with E-state index in [1.54, 1.807) is 24.5 Å². The number of hydrogen-bond acceptors (Lipinski definition) is 6. The number of aliphatic imine (C=N–C) groups is 1. The monoisotopic (exact) mass is 441 g/mol. The Morgan fingerprint density at radius 1 is 1.28 bits per heavy atom. The molecule has 2 aromatic heterocycles. The first kappa shape index (κ1) is 20.0. The van der Waals surface area contributed by atoms with E-state index < -0.39 is 0 Å². The van der Waals surface area contributed by atoms with Crippen LogP contribution in [0.3, 0.4) is 0 Å². The normalized spacial score (nSPS) is 13.7. The van der Waals surface area contributed by atoms with Crippen LogP contribution >= 0.6 is 11.3 Å². The summed E-state index contributed by atoms with van der Waals surface area (Å²) in [6.07, 6.45) is 3.55. The molecule has 32 heavy (non-hydrogen) atoms. The zero-order chi connectivity index (χ0) is 21.9. The number of H-pyrrole nitrogens is 1. The Morgan fingerprint density at radius 2 is 2.16 bits per heavy atom. The van der Waals surface area contributed by atoms with Gasteiger partial charge in [-0.05, 0) is 42.3 Å². The van der Waals surface area contributed by atoms with Gasteiger partial charge in [-0.3, -0.25) is 10.1 Å². The maximum atomic E-state index is 12.3. The molecule has 0 bridgehead atoms. The van der Waals surface area contributed by atoms with E-state index in [1.807, 2.05) is 47.9 Å². The highest BCUT2D eigenvalue weighted by Crippen LogP contribution is 2.27. The number of dihydropyridines is 1. The van der Waals surface area contributed by atoms with Crippen LogP contribution in [0.5, 0.6) is 5.75 Å². The highest BCUT2D eigenvalue weighted by atomic mass is 32.1. The Balaban J connectivity index is 1.41. The van der Waals surface area contributed by atoms with Crippen LogP contribution in [0.15, 0.2) is 57.9 Å². The Labute approximate surface area is 188 Å². The Bertz CT molecular complexity index is 1430. The minimum atomic E-state index is -0.356. The lowest BCUT2D eigenvalue weighted by atomic mass is 9.99. The highest BCUT2D eigenvalue weighted by Gasteiger charge is 2.26. The van der Waals surface area contributed by atoms with Crippen LogP contribution in [-0.2, 0) is 9.53 Å². The number of ether oxygens (including phenoxy) is 2. The van der Waals surface area contributed by atoms with Crippen molar-refractivity contribution in [3.8, 4) is 28.8 Å². The van der Waals surface area contributed by atoms with E-state index in [4.69, 9.17) is 9.47 Å². The largest absolute Gasteiger partial charge is 0.481 e. The van der Waals surface area contributed by atoms with Gasteiger partial charge in [-0.2, -0.15) is 5.10 Å². The van der Waals surface area contributed by atoms with Gasteiger partial charge in [0.05, 0.1) is 29.0 Å². The number of fused-ring (bicyclic) bond motifs is 2. The molecule has 2 aliphatic rings. The number of nitrogens with zero attached hydrogens (tertiary/aromatic N) is 2. The molecule has 0 saturated heterocycles. The molecule has 7 heteroatoms. The summed E-state index contributed by atoms with van der Waals surface area (Å²) in [4.78, 5) is 17.7. The lowest BCUT2D eigenvalue weighted by molar-refractivity contribution is -0.137. The van der Waals surface area contributed by atoms with Gasteiger partial charge in [-0.15, -0.1) is 11.3 Å². The number of carbonyl (C=O) groups excluding carboxylic acids is 1. The summed E-state index contributed by atoms with van der Waals surface area (Å²) in [6.45, 7) is 2.94. The number of nitrogens with one attached hydrogen (secondary N) is 1. The molecule has 6 nitrogen and oxygen atoms in total. The third-order valence-electron chi connectivity index (χ3n) is 5.10. The number of aromatic nitrogens is 2. The highest BCUT2D eigenvalue weighted by molar-refractivity contribution is 7.11. The van der Waals surface area contributed by atoms with Crippen molar-refractivity contribution in [1.82, 2.24) is 10.2 Å². The van der Waals surface area contributed by atoms with E-state index in [2.05, 4.69) is 27.0 Å². The molecule has 158 valence electrons. The van der Waals surface area contributed by atoms with Crippen molar-refractivity contribution in [3.63, 3.8) is 0 Å². The summed E-state index contributed by atoms with van der Waals surface area (Å²) >= 11 is 1.56. The first-order valence-corrected chi connectivity index (χ1v) is 11.1. The van der Waals surface area contributed by atoms with E-state index >= 15 is 0 Å². The number of para-hydroxylation sites is 1. The third kappa shape index (κ3) is 3.77. The average Bonchev–Trinajstić information content (AvgIpc) is 3.52. The molecule has 1 aromatic carbocycles. The SMILES string of the molecule is CCOC(=O)C1=C2C=c3[nH]nc(-c4csc(C#CCOc5ccccc5)c4)c3=C2CN=C1. The Kier molecular flexibility index (Phi) is 5.44. The zero-order valence-electron chi connectivity index (χ0n) is 17.3. The van der Waals surface area contributed by atoms with Gasteiger partial charge in [0.1, 0.15) is 18.1 Å². The third-order valence-corrected chi connectivity index (χ3v) is 5.95. The fraction of sp³-hybridized carbons (Fsp3) is 0.160. The number of thiophene rings is 1. The molecular weight excluding hydrogens is 422 g/mol. The van der Waals surface area contributed by atoms with Crippen LogP contribution in [0.2, 0.25) is 0 Å². The van der Waals surface area contributed by atoms with Crippen LogP contribution in [0.1, 0.15) is 11.8 Å². The summed E-state index contributed by atoms with van der Waals surface area (Å²) in [6, 6.07) is 11.6. The smallest absolute Gasteiger partial charge is 0.340 e. The van der Waals surface area contributed by atoms with E-state index in [-0.39, 0.29) is 5.97 Å². The summed E-state index contributed by atoms with van der Waals surface area (Å²) < 4.78 is 10.8. The van der Waals surface area contributed by atoms with Crippen molar-refractivity contribution >= 4 is 35.2 Å². The Morgan fingerprint density at radius 3 is 3.00 bits per heavy atom. The summed E-state index contributed by atoms with van der Waals surface area (Å²) in [5.41, 5.74) is 4.15. The lowest BCUT2D eigenvalue weighted by Crippen LogP contribution is -2.23. The van der Waals surface area contributed by atoms with Crippen molar-refractivity contribution in [2.45, 2.75) is 6.92 Å². The van der Waals surface area contributed by atoms with Crippen molar-refractivity contribution in [2.75, 3.05) is 19.8 Å². The summed E-state index contributed by atoms with van der Waals surface area (Å²) in [5.74, 6) is 6.66. The van der Waals surface area contributed by atoms with Crippen LogP contribution < -0.4 is 15.3 Å². The van der Waals surface area contributed by atoms with Gasteiger partial charge in [-0.1, -0.05) is 30.0 Å². The molecule has 0 atom stereocenters. The molecular formula is C25H19N3O3S. The maximum absolute atomic E-state index is 12.3. The van der Waals surface area contributed by atoms with Gasteiger partial charge in [0.15, 0.2) is 0 Å². The average molecular weight is 442 g/mol. The molecule has 5 rings (SSSR count). The van der Waals surface area contributed by atoms with E-state index in [1.165, 1.54) is 0 Å². The minimum absolute atomic E-state index is 0.324. The molecule has 0 radical (unpaired) electrons. The van der Waals surface area contributed by atoms with Gasteiger partial charge in [0.25, 0.3) is 0 Å². The molecule has 0 amide bonds. The van der Waals surface area contributed by atoms with Gasteiger partial charge >= 0.3 is 5.97 Å². The van der Waals surface area contributed by atoms with Crippen molar-refractivity contribution in [2.24, 2.45) is 4.99 Å². The van der Waals surface area contributed by atoms with E-state index in [9.17, 15) is 4.79 Å². The number of rotatable bonds is 5. The maximum Gasteiger partial charge on any atom is 0.340 e.